The number of halogens is 1. The third-order valence-corrected chi connectivity index (χ3v) is 3.80. The lowest BCUT2D eigenvalue weighted by Crippen LogP contribution is -3.15. The van der Waals surface area contributed by atoms with E-state index in [1.54, 1.807) is 17.0 Å². The van der Waals surface area contributed by atoms with Gasteiger partial charge in [-0.05, 0) is 44.2 Å². The van der Waals surface area contributed by atoms with Crippen molar-refractivity contribution in [2.45, 2.75) is 26.3 Å². The second kappa shape index (κ2) is 7.79. The van der Waals surface area contributed by atoms with Crippen LogP contribution in [0.15, 0.2) is 36.0 Å². The first-order chi connectivity index (χ1) is 10.5. The number of carbonyl (C=O) groups is 1. The van der Waals surface area contributed by atoms with Crippen molar-refractivity contribution in [2.75, 3.05) is 25.0 Å². The van der Waals surface area contributed by atoms with Gasteiger partial charge in [0.1, 0.15) is 5.82 Å². The summed E-state index contributed by atoms with van der Waals surface area (Å²) in [5, 5.41) is 2.94. The van der Waals surface area contributed by atoms with Crippen LogP contribution in [-0.4, -0.2) is 31.6 Å². The lowest BCUT2D eigenvalue weighted by molar-refractivity contribution is -0.917. The number of benzene rings is 1. The first-order valence-corrected chi connectivity index (χ1v) is 7.62. The number of anilines is 1. The molecule has 5 nitrogen and oxygen atoms in total. The molecule has 1 aliphatic heterocycles. The number of hydrogen-bond acceptors (Lipinski definition) is 3. The molecule has 1 atom stereocenters. The van der Waals surface area contributed by atoms with Gasteiger partial charge in [-0.15, -0.1) is 0 Å². The summed E-state index contributed by atoms with van der Waals surface area (Å²) in [4.78, 5) is 13.3. The van der Waals surface area contributed by atoms with Crippen LogP contribution in [0.1, 0.15) is 20.3 Å². The molecule has 1 heterocycles. The molecule has 0 saturated carbocycles. The number of quaternary nitrogens is 1. The molecule has 4 N–H and O–H groups in total. The normalized spacial score (nSPS) is 17.8. The van der Waals surface area contributed by atoms with Gasteiger partial charge in [-0.3, -0.25) is 10.2 Å². The third kappa shape index (κ3) is 5.04. The van der Waals surface area contributed by atoms with Crippen LogP contribution in [0.3, 0.4) is 0 Å². The first-order valence-electron chi connectivity index (χ1n) is 7.62. The molecular weight excluding hydrogens is 283 g/mol. The fourth-order valence-electron chi connectivity index (χ4n) is 2.34. The van der Waals surface area contributed by atoms with Crippen LogP contribution < -0.4 is 21.1 Å². The average molecular weight is 307 g/mol. The lowest BCUT2D eigenvalue weighted by atomic mass is 10.2. The summed E-state index contributed by atoms with van der Waals surface area (Å²) in [5.41, 5.74) is 7.42. The van der Waals surface area contributed by atoms with E-state index in [9.17, 15) is 9.18 Å². The molecule has 0 fully saturated rings. The minimum Gasteiger partial charge on any atom is -0.376 e. The van der Waals surface area contributed by atoms with Gasteiger partial charge in [0.15, 0.2) is 0 Å². The van der Waals surface area contributed by atoms with Gasteiger partial charge in [0, 0.05) is 17.8 Å². The SMILES string of the molecule is CC(C)[NH+]1CC=C(NNC(=O)CNc2ccc(F)cc2)CC1. The van der Waals surface area contributed by atoms with Crippen LogP contribution in [0.2, 0.25) is 0 Å². The Hall–Kier alpha value is -2.08. The van der Waals surface area contributed by atoms with Gasteiger partial charge >= 0.3 is 0 Å². The summed E-state index contributed by atoms with van der Waals surface area (Å²) < 4.78 is 12.8. The Balaban J connectivity index is 1.69. The Labute approximate surface area is 130 Å². The highest BCUT2D eigenvalue weighted by Gasteiger charge is 2.17. The maximum absolute atomic E-state index is 12.8. The molecular formula is C16H24FN4O+. The Kier molecular flexibility index (Phi) is 5.77. The standard InChI is InChI=1S/C16H23FN4O/c1-12(2)21-9-7-15(8-10-21)19-20-16(22)11-18-14-5-3-13(17)4-6-14/h3-7,12,18-19H,8-11H2,1-2H3,(H,20,22)/p+1. The molecule has 0 saturated heterocycles. The van der Waals surface area contributed by atoms with E-state index in [2.05, 4.69) is 36.1 Å². The van der Waals surface area contributed by atoms with E-state index in [0.29, 0.717) is 11.7 Å². The monoisotopic (exact) mass is 307 g/mol. The molecule has 1 aromatic carbocycles. The molecule has 0 spiro atoms. The van der Waals surface area contributed by atoms with E-state index in [-0.39, 0.29) is 18.3 Å². The minimum absolute atomic E-state index is 0.134. The zero-order valence-electron chi connectivity index (χ0n) is 13.1. The highest BCUT2D eigenvalue weighted by atomic mass is 19.1. The van der Waals surface area contributed by atoms with Crippen molar-refractivity contribution < 1.29 is 14.1 Å². The smallest absolute Gasteiger partial charge is 0.257 e. The summed E-state index contributed by atoms with van der Waals surface area (Å²) in [7, 11) is 0. The zero-order valence-corrected chi connectivity index (χ0v) is 13.1. The molecule has 0 bridgehead atoms. The minimum atomic E-state index is -0.293. The van der Waals surface area contributed by atoms with Crippen molar-refractivity contribution in [3.63, 3.8) is 0 Å². The predicted octanol–water partition coefficient (Wildman–Crippen LogP) is 0.439. The highest BCUT2D eigenvalue weighted by molar-refractivity contribution is 5.80. The molecule has 1 aromatic rings. The Morgan fingerprint density at radius 2 is 2.05 bits per heavy atom. The number of nitrogens with one attached hydrogen (secondary N) is 4. The van der Waals surface area contributed by atoms with E-state index in [1.807, 2.05) is 0 Å². The number of carbonyl (C=O) groups excluding carboxylic acids is 1. The topological polar surface area (TPSA) is 57.6 Å². The zero-order chi connectivity index (χ0) is 15.9. The summed E-state index contributed by atoms with van der Waals surface area (Å²) in [6.45, 7) is 6.61. The summed E-state index contributed by atoms with van der Waals surface area (Å²) in [6, 6.07) is 6.53. The maximum atomic E-state index is 12.8. The molecule has 120 valence electrons. The third-order valence-electron chi connectivity index (χ3n) is 3.80. The second-order valence-corrected chi connectivity index (χ2v) is 5.78. The van der Waals surface area contributed by atoms with Crippen LogP contribution in [0, 0.1) is 5.82 Å². The number of hydrazine groups is 1. The number of amides is 1. The van der Waals surface area contributed by atoms with Crippen molar-refractivity contribution in [2.24, 2.45) is 0 Å². The van der Waals surface area contributed by atoms with Gasteiger partial charge in [0.25, 0.3) is 5.91 Å². The Morgan fingerprint density at radius 1 is 1.32 bits per heavy atom. The molecule has 1 aliphatic rings. The molecule has 0 aromatic heterocycles. The van der Waals surface area contributed by atoms with Crippen LogP contribution >= 0.6 is 0 Å². The van der Waals surface area contributed by atoms with Gasteiger partial charge < -0.3 is 15.6 Å². The molecule has 1 amide bonds. The fraction of sp³-hybridized carbons (Fsp3) is 0.438. The fourth-order valence-corrected chi connectivity index (χ4v) is 2.34. The molecule has 1 unspecified atom stereocenters. The molecule has 6 heteroatoms. The Bertz CT molecular complexity index is 527. The first kappa shape index (κ1) is 16.3. The van der Waals surface area contributed by atoms with Gasteiger partial charge in [0.2, 0.25) is 0 Å². The predicted molar refractivity (Wildman–Crippen MR) is 84.7 cm³/mol. The van der Waals surface area contributed by atoms with Crippen molar-refractivity contribution in [1.29, 1.82) is 0 Å². The average Bonchev–Trinajstić information content (AvgIpc) is 2.52. The van der Waals surface area contributed by atoms with E-state index < -0.39 is 0 Å². The van der Waals surface area contributed by atoms with E-state index in [1.165, 1.54) is 12.1 Å². The molecule has 0 radical (unpaired) electrons. The summed E-state index contributed by atoms with van der Waals surface area (Å²) in [6.07, 6.45) is 3.06. The largest absolute Gasteiger partial charge is 0.376 e. The van der Waals surface area contributed by atoms with E-state index >= 15 is 0 Å². The van der Waals surface area contributed by atoms with Gasteiger partial charge in [0.05, 0.1) is 25.7 Å². The lowest BCUT2D eigenvalue weighted by Gasteiger charge is -2.27. The van der Waals surface area contributed by atoms with E-state index in [0.717, 1.165) is 25.2 Å². The van der Waals surface area contributed by atoms with Crippen LogP contribution in [0.4, 0.5) is 10.1 Å². The quantitative estimate of drug-likeness (QED) is 0.577. The molecule has 2 rings (SSSR count). The summed E-state index contributed by atoms with van der Waals surface area (Å²) >= 11 is 0. The van der Waals surface area contributed by atoms with Crippen molar-refractivity contribution in [1.82, 2.24) is 10.9 Å². The highest BCUT2D eigenvalue weighted by Crippen LogP contribution is 2.07. The number of rotatable bonds is 6. The number of hydrogen-bond donors (Lipinski definition) is 4. The van der Waals surface area contributed by atoms with Gasteiger partial charge in [-0.2, -0.15) is 0 Å². The Morgan fingerprint density at radius 3 is 2.64 bits per heavy atom. The van der Waals surface area contributed by atoms with Crippen LogP contribution in [0.5, 0.6) is 0 Å². The van der Waals surface area contributed by atoms with Gasteiger partial charge in [-0.1, -0.05) is 0 Å². The molecule has 22 heavy (non-hydrogen) atoms. The summed E-state index contributed by atoms with van der Waals surface area (Å²) in [5.74, 6) is -0.456. The maximum Gasteiger partial charge on any atom is 0.257 e. The van der Waals surface area contributed by atoms with Crippen molar-refractivity contribution in [3.05, 3.63) is 41.9 Å². The van der Waals surface area contributed by atoms with E-state index in [4.69, 9.17) is 0 Å². The van der Waals surface area contributed by atoms with Crippen LogP contribution in [0.25, 0.3) is 0 Å². The molecule has 0 aliphatic carbocycles. The van der Waals surface area contributed by atoms with Crippen molar-refractivity contribution in [3.8, 4) is 0 Å². The second-order valence-electron chi connectivity index (χ2n) is 5.78. The van der Waals surface area contributed by atoms with Crippen LogP contribution in [-0.2, 0) is 4.79 Å². The van der Waals surface area contributed by atoms with Crippen molar-refractivity contribution >= 4 is 11.6 Å². The van der Waals surface area contributed by atoms with Gasteiger partial charge in [-0.25, -0.2) is 4.39 Å².